The number of benzene rings is 11. The van der Waals surface area contributed by atoms with Crippen LogP contribution in [0.15, 0.2) is 243 Å². The van der Waals surface area contributed by atoms with Gasteiger partial charge in [-0.2, -0.15) is 0 Å². The number of para-hydroxylation sites is 1. The summed E-state index contributed by atoms with van der Waals surface area (Å²) in [5.74, 6) is 0. The Kier molecular flexibility index (Phi) is 8.69. The molecule has 1 aliphatic carbocycles. The molecule has 1 heteroatoms. The van der Waals surface area contributed by atoms with Gasteiger partial charge in [0, 0.05) is 17.1 Å². The van der Waals surface area contributed by atoms with Crippen molar-refractivity contribution in [1.82, 2.24) is 0 Å². The molecule has 0 unspecified atom stereocenters. The number of aryl methyl sites for hydroxylation is 1. The highest BCUT2D eigenvalue weighted by molar-refractivity contribution is 6.23. The van der Waals surface area contributed by atoms with E-state index in [1.165, 1.54) is 93.5 Å². The van der Waals surface area contributed by atoms with E-state index in [-0.39, 0.29) is 0 Å². The number of fused-ring (bicyclic) bond motifs is 6. The summed E-state index contributed by atoms with van der Waals surface area (Å²) in [7, 11) is 0. The monoisotopic (exact) mass is 801 g/mol. The standard InChI is InChI=1S/C62H43N/c1-42-29-34-50(35-30-42)63(49-23-9-4-10-24-49)51-36-31-43(32-37-51)60-54-26-13-14-27-55(54)61(57-40-45-18-12-11-17-44(45)39-56(57)60)46-33-38-53-52-25-15-16-28-58(52)62(59(53)41-46,47-19-5-2-6-20-47)48-21-7-3-8-22-48/h2-41H,1H3. The van der Waals surface area contributed by atoms with Gasteiger partial charge in [0.25, 0.3) is 0 Å². The topological polar surface area (TPSA) is 3.24 Å². The first kappa shape index (κ1) is 36.8. The number of hydrogen-bond acceptors (Lipinski definition) is 1. The van der Waals surface area contributed by atoms with E-state index in [4.69, 9.17) is 0 Å². The third-order valence-corrected chi connectivity index (χ3v) is 13.4. The predicted octanol–water partition coefficient (Wildman–Crippen LogP) is 16.6. The lowest BCUT2D eigenvalue weighted by Gasteiger charge is -2.34. The van der Waals surface area contributed by atoms with Crippen molar-refractivity contribution in [1.29, 1.82) is 0 Å². The van der Waals surface area contributed by atoms with E-state index in [1.807, 2.05) is 0 Å². The molecule has 0 fully saturated rings. The van der Waals surface area contributed by atoms with Crippen molar-refractivity contribution in [2.24, 2.45) is 0 Å². The molecule has 11 aromatic rings. The normalized spacial score (nSPS) is 12.7. The van der Waals surface area contributed by atoms with Crippen LogP contribution in [0.1, 0.15) is 27.8 Å². The Morgan fingerprint density at radius 3 is 1.37 bits per heavy atom. The minimum absolute atomic E-state index is 0.489. The molecule has 0 aromatic heterocycles. The van der Waals surface area contributed by atoms with Crippen molar-refractivity contribution < 1.29 is 0 Å². The first-order valence-electron chi connectivity index (χ1n) is 21.9. The maximum Gasteiger partial charge on any atom is 0.0713 e. The smallest absolute Gasteiger partial charge is 0.0713 e. The molecule has 0 saturated carbocycles. The minimum Gasteiger partial charge on any atom is -0.311 e. The van der Waals surface area contributed by atoms with E-state index in [2.05, 4.69) is 254 Å². The molecule has 1 aliphatic rings. The summed E-state index contributed by atoms with van der Waals surface area (Å²) in [6.07, 6.45) is 0. The van der Waals surface area contributed by atoms with E-state index >= 15 is 0 Å². The zero-order valence-corrected chi connectivity index (χ0v) is 35.0. The van der Waals surface area contributed by atoms with Gasteiger partial charge in [0.1, 0.15) is 0 Å². The van der Waals surface area contributed by atoms with Crippen LogP contribution < -0.4 is 4.90 Å². The van der Waals surface area contributed by atoms with E-state index in [0.717, 1.165) is 17.1 Å². The molecular weight excluding hydrogens is 759 g/mol. The fourth-order valence-corrected chi connectivity index (χ4v) is 10.6. The second-order valence-corrected chi connectivity index (χ2v) is 16.9. The van der Waals surface area contributed by atoms with Crippen LogP contribution in [0.4, 0.5) is 17.1 Å². The molecule has 12 rings (SSSR count). The summed E-state index contributed by atoms with van der Waals surface area (Å²) in [6, 6.07) is 89.9. The zero-order valence-electron chi connectivity index (χ0n) is 35.0. The summed E-state index contributed by atoms with van der Waals surface area (Å²) < 4.78 is 0. The van der Waals surface area contributed by atoms with Crippen LogP contribution in [-0.4, -0.2) is 0 Å². The molecule has 0 bridgehead atoms. The SMILES string of the molecule is Cc1ccc(N(c2ccccc2)c2ccc(-c3c4ccccc4c(-c4ccc5c(c4)C(c4ccccc4)(c4ccccc4)c4ccccc4-5)c4cc5ccccc5cc34)cc2)cc1. The average molecular weight is 802 g/mol. The van der Waals surface area contributed by atoms with Crippen LogP contribution in [0.2, 0.25) is 0 Å². The lowest BCUT2D eigenvalue weighted by atomic mass is 9.67. The molecule has 0 saturated heterocycles. The third-order valence-electron chi connectivity index (χ3n) is 13.4. The summed E-state index contributed by atoms with van der Waals surface area (Å²) in [4.78, 5) is 2.34. The van der Waals surface area contributed by atoms with Crippen LogP contribution in [0.3, 0.4) is 0 Å². The molecule has 0 radical (unpaired) electrons. The Labute approximate surface area is 368 Å². The lowest BCUT2D eigenvalue weighted by molar-refractivity contribution is 0.769. The molecule has 0 heterocycles. The first-order valence-corrected chi connectivity index (χ1v) is 21.9. The summed E-state index contributed by atoms with van der Waals surface area (Å²) in [5.41, 5.74) is 16.8. The highest BCUT2D eigenvalue weighted by atomic mass is 15.1. The molecule has 296 valence electrons. The number of anilines is 3. The quantitative estimate of drug-likeness (QED) is 0.145. The van der Waals surface area contributed by atoms with Crippen LogP contribution in [-0.2, 0) is 5.41 Å². The van der Waals surface area contributed by atoms with E-state index < -0.39 is 5.41 Å². The van der Waals surface area contributed by atoms with Gasteiger partial charge < -0.3 is 4.90 Å². The Bertz CT molecular complexity index is 3440. The molecule has 0 aliphatic heterocycles. The molecule has 0 spiro atoms. The van der Waals surface area contributed by atoms with Crippen LogP contribution in [0, 0.1) is 6.92 Å². The third kappa shape index (κ3) is 5.85. The van der Waals surface area contributed by atoms with Crippen molar-refractivity contribution in [3.8, 4) is 33.4 Å². The molecule has 11 aromatic carbocycles. The maximum atomic E-state index is 2.52. The van der Waals surface area contributed by atoms with Gasteiger partial charge in [0.15, 0.2) is 0 Å². The van der Waals surface area contributed by atoms with Crippen molar-refractivity contribution in [2.75, 3.05) is 4.90 Å². The van der Waals surface area contributed by atoms with E-state index in [0.29, 0.717) is 0 Å². The van der Waals surface area contributed by atoms with Gasteiger partial charge >= 0.3 is 0 Å². The van der Waals surface area contributed by atoms with Gasteiger partial charge in [-0.25, -0.2) is 0 Å². The Hall–Kier alpha value is -8.00. The van der Waals surface area contributed by atoms with Gasteiger partial charge in [-0.15, -0.1) is 0 Å². The molecule has 0 N–H and O–H groups in total. The highest BCUT2D eigenvalue weighted by Crippen LogP contribution is 2.57. The fourth-order valence-electron chi connectivity index (χ4n) is 10.6. The number of rotatable bonds is 7. The Morgan fingerprint density at radius 2 is 0.762 bits per heavy atom. The van der Waals surface area contributed by atoms with Crippen molar-refractivity contribution in [3.63, 3.8) is 0 Å². The maximum absolute atomic E-state index is 2.52. The van der Waals surface area contributed by atoms with Crippen molar-refractivity contribution >= 4 is 49.4 Å². The molecule has 0 atom stereocenters. The van der Waals surface area contributed by atoms with Crippen molar-refractivity contribution in [2.45, 2.75) is 12.3 Å². The van der Waals surface area contributed by atoms with Crippen LogP contribution in [0.25, 0.3) is 65.7 Å². The second-order valence-electron chi connectivity index (χ2n) is 16.9. The molecule has 0 amide bonds. The Balaban J connectivity index is 1.11. The van der Waals surface area contributed by atoms with Gasteiger partial charge in [-0.3, -0.25) is 0 Å². The lowest BCUT2D eigenvalue weighted by Crippen LogP contribution is -2.28. The zero-order chi connectivity index (χ0) is 41.9. The summed E-state index contributed by atoms with van der Waals surface area (Å²) in [6.45, 7) is 2.14. The van der Waals surface area contributed by atoms with Crippen LogP contribution >= 0.6 is 0 Å². The van der Waals surface area contributed by atoms with Crippen LogP contribution in [0.5, 0.6) is 0 Å². The molecule has 63 heavy (non-hydrogen) atoms. The fraction of sp³-hybridized carbons (Fsp3) is 0.0323. The number of hydrogen-bond donors (Lipinski definition) is 0. The predicted molar refractivity (Wildman–Crippen MR) is 267 cm³/mol. The molecule has 1 nitrogen and oxygen atoms in total. The van der Waals surface area contributed by atoms with E-state index in [9.17, 15) is 0 Å². The second kappa shape index (κ2) is 14.9. The first-order chi connectivity index (χ1) is 31.2. The summed E-state index contributed by atoms with van der Waals surface area (Å²) >= 11 is 0. The number of nitrogens with zero attached hydrogens (tertiary/aromatic N) is 1. The minimum atomic E-state index is -0.489. The Morgan fingerprint density at radius 1 is 0.317 bits per heavy atom. The van der Waals surface area contributed by atoms with Gasteiger partial charge in [0.2, 0.25) is 0 Å². The highest BCUT2D eigenvalue weighted by Gasteiger charge is 2.46. The van der Waals surface area contributed by atoms with Gasteiger partial charge in [0.05, 0.1) is 5.41 Å². The largest absolute Gasteiger partial charge is 0.311 e. The molecular formula is C62H43N. The van der Waals surface area contributed by atoms with Crippen molar-refractivity contribution in [3.05, 3.63) is 270 Å². The summed E-state index contributed by atoms with van der Waals surface area (Å²) in [5, 5.41) is 7.44. The average Bonchev–Trinajstić information content (AvgIpc) is 3.65. The van der Waals surface area contributed by atoms with E-state index in [1.54, 1.807) is 0 Å². The van der Waals surface area contributed by atoms with Gasteiger partial charge in [-0.05, 0) is 149 Å². The van der Waals surface area contributed by atoms with Gasteiger partial charge in [-0.1, -0.05) is 194 Å².